The Balaban J connectivity index is 1.75. The van der Waals surface area contributed by atoms with E-state index in [0.717, 1.165) is 17.8 Å². The summed E-state index contributed by atoms with van der Waals surface area (Å²) in [6, 6.07) is 17.0. The van der Waals surface area contributed by atoms with Crippen molar-refractivity contribution < 1.29 is 17.9 Å². The molecule has 0 aliphatic rings. The maximum Gasteiger partial charge on any atom is 0.433 e. The fourth-order valence-corrected chi connectivity index (χ4v) is 2.10. The Morgan fingerprint density at radius 1 is 0.875 bits per heavy atom. The Hall–Kier alpha value is -2.89. The van der Waals surface area contributed by atoms with Gasteiger partial charge in [-0.3, -0.25) is 4.98 Å². The first-order valence-electron chi connectivity index (χ1n) is 7.20. The molecule has 0 unspecified atom stereocenters. The summed E-state index contributed by atoms with van der Waals surface area (Å²) in [5.74, 6) is 0.399. The Morgan fingerprint density at radius 2 is 1.67 bits per heavy atom. The summed E-state index contributed by atoms with van der Waals surface area (Å²) in [5.41, 5.74) is 1.07. The molecule has 0 amide bonds. The zero-order valence-corrected chi connectivity index (χ0v) is 12.5. The van der Waals surface area contributed by atoms with Crippen LogP contribution in [0.1, 0.15) is 11.3 Å². The van der Waals surface area contributed by atoms with E-state index in [1.807, 2.05) is 30.3 Å². The highest BCUT2D eigenvalue weighted by atomic mass is 19.4. The van der Waals surface area contributed by atoms with Crippen molar-refractivity contribution >= 4 is 0 Å². The van der Waals surface area contributed by atoms with E-state index in [9.17, 15) is 13.2 Å². The van der Waals surface area contributed by atoms with Crippen LogP contribution in [0.15, 0.2) is 66.9 Å². The monoisotopic (exact) mass is 330 g/mol. The van der Waals surface area contributed by atoms with Gasteiger partial charge < -0.3 is 4.74 Å². The van der Waals surface area contributed by atoms with E-state index in [0.29, 0.717) is 23.7 Å². The summed E-state index contributed by atoms with van der Waals surface area (Å²) in [4.78, 5) is 7.75. The van der Waals surface area contributed by atoms with Crippen LogP contribution >= 0.6 is 0 Å². The minimum absolute atomic E-state index is 0.364. The Labute approximate surface area is 136 Å². The summed E-state index contributed by atoms with van der Waals surface area (Å²) in [5, 5.41) is 0. The fourth-order valence-electron chi connectivity index (χ4n) is 2.10. The normalized spacial score (nSPS) is 11.3. The van der Waals surface area contributed by atoms with Gasteiger partial charge in [0.25, 0.3) is 0 Å². The zero-order chi connectivity index (χ0) is 17.0. The van der Waals surface area contributed by atoms with Crippen molar-refractivity contribution in [1.29, 1.82) is 0 Å². The Kier molecular flexibility index (Phi) is 4.46. The number of pyridine rings is 2. The van der Waals surface area contributed by atoms with Gasteiger partial charge in [0.15, 0.2) is 0 Å². The fraction of sp³-hybridized carbons (Fsp3) is 0.111. The molecule has 2 heterocycles. The second-order valence-electron chi connectivity index (χ2n) is 5.07. The standard InChI is InChI=1S/C18H13F3N2O/c19-18(20,21)16-10-9-14(11-22-16)15-7-4-8-17(23-15)24-12-13-5-2-1-3-6-13/h1-11H,12H2. The molecule has 2 aromatic heterocycles. The number of nitrogens with zero attached hydrogens (tertiary/aromatic N) is 2. The van der Waals surface area contributed by atoms with Gasteiger partial charge in [-0.15, -0.1) is 0 Å². The zero-order valence-electron chi connectivity index (χ0n) is 12.5. The quantitative estimate of drug-likeness (QED) is 0.693. The van der Waals surface area contributed by atoms with E-state index in [1.54, 1.807) is 18.2 Å². The van der Waals surface area contributed by atoms with Crippen LogP contribution in [0, 0.1) is 0 Å². The molecule has 0 atom stereocenters. The molecule has 0 radical (unpaired) electrons. The van der Waals surface area contributed by atoms with Gasteiger partial charge in [0, 0.05) is 17.8 Å². The molecule has 0 aliphatic carbocycles. The lowest BCUT2D eigenvalue weighted by Gasteiger charge is -2.08. The van der Waals surface area contributed by atoms with Crippen molar-refractivity contribution in [2.75, 3.05) is 0 Å². The third-order valence-electron chi connectivity index (χ3n) is 3.30. The maximum absolute atomic E-state index is 12.5. The Morgan fingerprint density at radius 3 is 2.33 bits per heavy atom. The van der Waals surface area contributed by atoms with Crippen LogP contribution in [-0.4, -0.2) is 9.97 Å². The van der Waals surface area contributed by atoms with Gasteiger partial charge in [0.2, 0.25) is 5.88 Å². The van der Waals surface area contributed by atoms with Crippen molar-refractivity contribution in [3.05, 3.63) is 78.1 Å². The molecule has 24 heavy (non-hydrogen) atoms. The van der Waals surface area contributed by atoms with Gasteiger partial charge in [-0.05, 0) is 23.8 Å². The first kappa shape index (κ1) is 16.0. The smallest absolute Gasteiger partial charge is 0.433 e. The van der Waals surface area contributed by atoms with Gasteiger partial charge in [-0.2, -0.15) is 13.2 Å². The van der Waals surface area contributed by atoms with Crippen molar-refractivity contribution in [3.63, 3.8) is 0 Å². The highest BCUT2D eigenvalue weighted by molar-refractivity contribution is 5.58. The van der Waals surface area contributed by atoms with Crippen LogP contribution in [0.5, 0.6) is 5.88 Å². The lowest BCUT2D eigenvalue weighted by Crippen LogP contribution is -2.07. The van der Waals surface area contributed by atoms with E-state index in [4.69, 9.17) is 4.74 Å². The molecule has 0 bridgehead atoms. The van der Waals surface area contributed by atoms with E-state index >= 15 is 0 Å². The molecular formula is C18H13F3N2O. The van der Waals surface area contributed by atoms with Crippen LogP contribution in [0.2, 0.25) is 0 Å². The molecule has 0 saturated carbocycles. The molecule has 122 valence electrons. The van der Waals surface area contributed by atoms with E-state index in [1.165, 1.54) is 6.07 Å². The van der Waals surface area contributed by atoms with Crippen molar-refractivity contribution in [1.82, 2.24) is 9.97 Å². The van der Waals surface area contributed by atoms with Gasteiger partial charge in [0.1, 0.15) is 12.3 Å². The van der Waals surface area contributed by atoms with E-state index in [-0.39, 0.29) is 0 Å². The van der Waals surface area contributed by atoms with Gasteiger partial charge in [-0.1, -0.05) is 36.4 Å². The van der Waals surface area contributed by atoms with Crippen LogP contribution in [0.4, 0.5) is 13.2 Å². The number of halogens is 3. The minimum Gasteiger partial charge on any atom is -0.473 e. The van der Waals surface area contributed by atoms with Crippen molar-refractivity contribution in [2.45, 2.75) is 12.8 Å². The molecule has 1 aromatic carbocycles. The topological polar surface area (TPSA) is 35.0 Å². The molecule has 3 nitrogen and oxygen atoms in total. The lowest BCUT2D eigenvalue weighted by molar-refractivity contribution is -0.141. The summed E-state index contributed by atoms with van der Waals surface area (Å²) in [6.07, 6.45) is -3.29. The minimum atomic E-state index is -4.45. The van der Waals surface area contributed by atoms with Gasteiger partial charge >= 0.3 is 6.18 Å². The van der Waals surface area contributed by atoms with Crippen LogP contribution in [0.25, 0.3) is 11.3 Å². The highest BCUT2D eigenvalue weighted by Gasteiger charge is 2.32. The number of hydrogen-bond acceptors (Lipinski definition) is 3. The first-order valence-corrected chi connectivity index (χ1v) is 7.20. The highest BCUT2D eigenvalue weighted by Crippen LogP contribution is 2.28. The second-order valence-corrected chi connectivity index (χ2v) is 5.07. The molecular weight excluding hydrogens is 317 g/mol. The predicted molar refractivity (Wildman–Crippen MR) is 83.2 cm³/mol. The third kappa shape index (κ3) is 3.90. The summed E-state index contributed by atoms with van der Waals surface area (Å²) in [6.45, 7) is 0.364. The molecule has 0 aliphatic heterocycles. The predicted octanol–water partition coefficient (Wildman–Crippen LogP) is 4.74. The summed E-state index contributed by atoms with van der Waals surface area (Å²) >= 11 is 0. The number of benzene rings is 1. The Bertz CT molecular complexity index is 802. The SMILES string of the molecule is FC(F)(F)c1ccc(-c2cccc(OCc3ccccc3)n2)cn1. The van der Waals surface area contributed by atoms with Crippen LogP contribution < -0.4 is 4.74 Å². The summed E-state index contributed by atoms with van der Waals surface area (Å²) in [7, 11) is 0. The molecule has 3 rings (SSSR count). The molecule has 0 fully saturated rings. The molecule has 0 N–H and O–H groups in total. The number of alkyl halides is 3. The summed E-state index contributed by atoms with van der Waals surface area (Å²) < 4.78 is 43.3. The maximum atomic E-state index is 12.5. The van der Waals surface area contributed by atoms with E-state index < -0.39 is 11.9 Å². The third-order valence-corrected chi connectivity index (χ3v) is 3.30. The molecule has 6 heteroatoms. The van der Waals surface area contributed by atoms with Gasteiger partial charge in [-0.25, -0.2) is 4.98 Å². The molecule has 3 aromatic rings. The first-order chi connectivity index (χ1) is 11.5. The molecule has 0 saturated heterocycles. The van der Waals surface area contributed by atoms with Crippen LogP contribution in [0.3, 0.4) is 0 Å². The lowest BCUT2D eigenvalue weighted by atomic mass is 10.2. The van der Waals surface area contributed by atoms with Crippen molar-refractivity contribution in [2.24, 2.45) is 0 Å². The average Bonchev–Trinajstić information content (AvgIpc) is 2.60. The van der Waals surface area contributed by atoms with Gasteiger partial charge in [0.05, 0.1) is 5.69 Å². The van der Waals surface area contributed by atoms with E-state index in [2.05, 4.69) is 9.97 Å². The average molecular weight is 330 g/mol. The molecule has 0 spiro atoms. The van der Waals surface area contributed by atoms with Crippen LogP contribution in [-0.2, 0) is 12.8 Å². The van der Waals surface area contributed by atoms with Crippen molar-refractivity contribution in [3.8, 4) is 17.1 Å². The second kappa shape index (κ2) is 6.70. The number of aromatic nitrogens is 2. The largest absolute Gasteiger partial charge is 0.473 e. The number of ether oxygens (including phenoxy) is 1. The number of hydrogen-bond donors (Lipinski definition) is 0. The number of rotatable bonds is 4.